The molecule has 0 bridgehead atoms. The van der Waals surface area contributed by atoms with Gasteiger partial charge in [0.05, 0.1) is 0 Å². The van der Waals surface area contributed by atoms with E-state index in [1.54, 1.807) is 6.07 Å². The minimum atomic E-state index is -0.150. The highest BCUT2D eigenvalue weighted by molar-refractivity contribution is 5.92. The van der Waals surface area contributed by atoms with Gasteiger partial charge in [-0.25, -0.2) is 0 Å². The molecule has 1 N–H and O–H groups in total. The maximum atomic E-state index is 12.5. The van der Waals surface area contributed by atoms with Crippen molar-refractivity contribution in [3.8, 4) is 11.5 Å². The van der Waals surface area contributed by atoms with Crippen molar-refractivity contribution in [1.82, 2.24) is 4.90 Å². The third-order valence-corrected chi connectivity index (χ3v) is 7.78. The van der Waals surface area contributed by atoms with Gasteiger partial charge in [-0.3, -0.25) is 4.79 Å². The zero-order valence-corrected chi connectivity index (χ0v) is 23.3. The second-order valence-corrected chi connectivity index (χ2v) is 11.3. The number of fused-ring (bicyclic) bond motifs is 1. The van der Waals surface area contributed by atoms with Gasteiger partial charge in [0, 0.05) is 18.7 Å². The molecule has 1 aromatic rings. The monoisotopic (exact) mass is 493 g/mol. The standard InChI is InChI=1S/C32H47NO3/c1-24(14-10-16-26(3)31(35)33-20-7-6-8-21-33)12-9-13-25(2)15-11-18-32(5)19-17-28-23-29(34)22-27(4)30(28)36-32/h12,15-16,22-23,34H,6-11,13-14,17-21H2,1-5H3/b24-12+,25-15+,26-16+/t32-/m1/s1. The van der Waals surface area contributed by atoms with Crippen LogP contribution in [-0.4, -0.2) is 34.6 Å². The molecule has 36 heavy (non-hydrogen) atoms. The van der Waals surface area contributed by atoms with E-state index >= 15 is 0 Å². The van der Waals surface area contributed by atoms with Crippen molar-refractivity contribution in [2.45, 2.75) is 111 Å². The minimum Gasteiger partial charge on any atom is -0.508 e. The van der Waals surface area contributed by atoms with Gasteiger partial charge in [-0.15, -0.1) is 0 Å². The predicted molar refractivity (Wildman–Crippen MR) is 150 cm³/mol. The van der Waals surface area contributed by atoms with Crippen molar-refractivity contribution < 1.29 is 14.6 Å². The topological polar surface area (TPSA) is 49.8 Å². The fraction of sp³-hybridized carbons (Fsp3) is 0.594. The summed E-state index contributed by atoms with van der Waals surface area (Å²) in [6.45, 7) is 12.5. The molecule has 0 spiro atoms. The number of aryl methyl sites for hydroxylation is 2. The average Bonchev–Trinajstić information content (AvgIpc) is 2.84. The predicted octanol–water partition coefficient (Wildman–Crippen LogP) is 7.98. The van der Waals surface area contributed by atoms with Gasteiger partial charge < -0.3 is 14.7 Å². The van der Waals surface area contributed by atoms with Gasteiger partial charge in [0.25, 0.3) is 0 Å². The Balaban J connectivity index is 1.37. The lowest BCUT2D eigenvalue weighted by Gasteiger charge is -2.36. The van der Waals surface area contributed by atoms with E-state index in [4.69, 9.17) is 4.74 Å². The highest BCUT2D eigenvalue weighted by atomic mass is 16.5. The van der Waals surface area contributed by atoms with Crippen molar-refractivity contribution in [1.29, 1.82) is 0 Å². The Hall–Kier alpha value is -2.49. The normalized spacial score (nSPS) is 21.2. The van der Waals surface area contributed by atoms with Crippen LogP contribution in [0.5, 0.6) is 11.5 Å². The van der Waals surface area contributed by atoms with E-state index in [1.807, 2.05) is 24.8 Å². The van der Waals surface area contributed by atoms with Crippen LogP contribution in [-0.2, 0) is 11.2 Å². The molecule has 2 aliphatic rings. The molecule has 2 heterocycles. The second-order valence-electron chi connectivity index (χ2n) is 11.3. The van der Waals surface area contributed by atoms with Crippen LogP contribution < -0.4 is 4.74 Å². The maximum absolute atomic E-state index is 12.5. The highest BCUT2D eigenvalue weighted by Gasteiger charge is 2.32. The Labute approximate surface area is 219 Å². The van der Waals surface area contributed by atoms with Gasteiger partial charge in [0.15, 0.2) is 0 Å². The third kappa shape index (κ3) is 8.28. The Morgan fingerprint density at radius 3 is 2.33 bits per heavy atom. The Morgan fingerprint density at radius 1 is 1.00 bits per heavy atom. The van der Waals surface area contributed by atoms with Crippen molar-refractivity contribution in [2.24, 2.45) is 0 Å². The molecule has 2 aliphatic heterocycles. The lowest BCUT2D eigenvalue weighted by atomic mass is 9.87. The summed E-state index contributed by atoms with van der Waals surface area (Å²) in [4.78, 5) is 14.5. The van der Waals surface area contributed by atoms with Crippen LogP contribution in [0, 0.1) is 6.92 Å². The second kappa shape index (κ2) is 13.2. The molecule has 3 rings (SSSR count). The summed E-state index contributed by atoms with van der Waals surface area (Å²) in [7, 11) is 0. The zero-order chi connectivity index (χ0) is 26.1. The first kappa shape index (κ1) is 28.1. The van der Waals surface area contributed by atoms with Gasteiger partial charge in [0.2, 0.25) is 5.91 Å². The Morgan fingerprint density at radius 2 is 1.64 bits per heavy atom. The molecule has 0 aromatic heterocycles. The number of allylic oxidation sites excluding steroid dienone is 5. The lowest BCUT2D eigenvalue weighted by Crippen LogP contribution is -2.36. The van der Waals surface area contributed by atoms with Crippen LogP contribution in [0.15, 0.2) is 47.1 Å². The molecule has 1 atom stereocenters. The van der Waals surface area contributed by atoms with Crippen LogP contribution in [0.1, 0.15) is 103 Å². The van der Waals surface area contributed by atoms with Crippen LogP contribution in [0.25, 0.3) is 0 Å². The number of piperidine rings is 1. The molecule has 0 radical (unpaired) electrons. The van der Waals surface area contributed by atoms with Gasteiger partial charge >= 0.3 is 0 Å². The summed E-state index contributed by atoms with van der Waals surface area (Å²) >= 11 is 0. The van der Waals surface area contributed by atoms with Crippen LogP contribution in [0.3, 0.4) is 0 Å². The number of rotatable bonds is 10. The first-order valence-electron chi connectivity index (χ1n) is 14.0. The van der Waals surface area contributed by atoms with Crippen molar-refractivity contribution >= 4 is 5.91 Å². The average molecular weight is 494 g/mol. The summed E-state index contributed by atoms with van der Waals surface area (Å²) in [5.41, 5.74) is 5.73. The molecule has 1 aromatic carbocycles. The summed E-state index contributed by atoms with van der Waals surface area (Å²) in [6.07, 6.45) is 18.4. The number of carbonyl (C=O) groups excluding carboxylic acids is 1. The first-order chi connectivity index (χ1) is 17.2. The number of phenols is 1. The van der Waals surface area contributed by atoms with E-state index in [1.165, 1.54) is 17.6 Å². The minimum absolute atomic E-state index is 0.150. The molecule has 0 aliphatic carbocycles. The molecule has 0 unspecified atom stereocenters. The van der Waals surface area contributed by atoms with E-state index in [2.05, 4.69) is 39.0 Å². The van der Waals surface area contributed by atoms with Crippen LogP contribution >= 0.6 is 0 Å². The number of phenolic OH excluding ortho intramolecular Hbond substituents is 1. The van der Waals surface area contributed by atoms with E-state index < -0.39 is 0 Å². The van der Waals surface area contributed by atoms with E-state index in [-0.39, 0.29) is 11.5 Å². The number of likely N-dealkylation sites (tertiary alicyclic amines) is 1. The number of ether oxygens (including phenoxy) is 1. The molecule has 1 fully saturated rings. The van der Waals surface area contributed by atoms with Gasteiger partial charge in [-0.05, 0) is 129 Å². The maximum Gasteiger partial charge on any atom is 0.249 e. The van der Waals surface area contributed by atoms with Crippen molar-refractivity contribution in [2.75, 3.05) is 13.1 Å². The SMILES string of the molecule is C/C(=C\CC/C(C)=C/CC[C@]1(C)CCc2cc(O)cc(C)c2O1)CC/C=C(\C)C(=O)N1CCCCC1. The number of benzene rings is 1. The smallest absolute Gasteiger partial charge is 0.249 e. The van der Waals surface area contributed by atoms with Gasteiger partial charge in [0.1, 0.15) is 17.1 Å². The highest BCUT2D eigenvalue weighted by Crippen LogP contribution is 2.39. The molecular formula is C32H47NO3. The lowest BCUT2D eigenvalue weighted by molar-refractivity contribution is -0.127. The van der Waals surface area contributed by atoms with Gasteiger partial charge in [-0.2, -0.15) is 0 Å². The molecule has 1 amide bonds. The first-order valence-corrected chi connectivity index (χ1v) is 14.0. The summed E-state index contributed by atoms with van der Waals surface area (Å²) in [6, 6.07) is 3.63. The van der Waals surface area contributed by atoms with Crippen molar-refractivity contribution in [3.63, 3.8) is 0 Å². The fourth-order valence-electron chi connectivity index (χ4n) is 5.35. The number of amides is 1. The zero-order valence-electron chi connectivity index (χ0n) is 23.3. The molecular weight excluding hydrogens is 446 g/mol. The Kier molecular flexibility index (Phi) is 10.3. The number of hydrogen-bond donors (Lipinski definition) is 1. The molecule has 4 nitrogen and oxygen atoms in total. The van der Waals surface area contributed by atoms with Crippen LogP contribution in [0.4, 0.5) is 0 Å². The quantitative estimate of drug-likeness (QED) is 0.265. The third-order valence-electron chi connectivity index (χ3n) is 7.78. The molecule has 4 heteroatoms. The number of nitrogens with zero attached hydrogens (tertiary/aromatic N) is 1. The molecule has 198 valence electrons. The van der Waals surface area contributed by atoms with E-state index in [9.17, 15) is 9.90 Å². The van der Waals surface area contributed by atoms with Crippen molar-refractivity contribution in [3.05, 3.63) is 58.2 Å². The fourth-order valence-corrected chi connectivity index (χ4v) is 5.35. The largest absolute Gasteiger partial charge is 0.508 e. The summed E-state index contributed by atoms with van der Waals surface area (Å²) in [5.74, 6) is 1.52. The van der Waals surface area contributed by atoms with Crippen LogP contribution in [0.2, 0.25) is 0 Å². The molecule has 0 saturated carbocycles. The molecule has 1 saturated heterocycles. The summed E-state index contributed by atoms with van der Waals surface area (Å²) in [5, 5.41) is 9.85. The number of aromatic hydroxyl groups is 1. The Bertz CT molecular complexity index is 997. The number of hydrogen-bond acceptors (Lipinski definition) is 3. The van der Waals surface area contributed by atoms with E-state index in [0.717, 1.165) is 99.7 Å². The summed E-state index contributed by atoms with van der Waals surface area (Å²) < 4.78 is 6.42. The van der Waals surface area contributed by atoms with E-state index in [0.29, 0.717) is 5.75 Å². The number of carbonyl (C=O) groups is 1. The van der Waals surface area contributed by atoms with Gasteiger partial charge in [-0.1, -0.05) is 29.4 Å².